The number of carboxylic acid groups (broad SMARTS) is 1. The lowest BCUT2D eigenvalue weighted by molar-refractivity contribution is -0.873. The van der Waals surface area contributed by atoms with Gasteiger partial charge < -0.3 is 14.3 Å². The number of hydrogen-bond acceptors (Lipinski definition) is 4. The van der Waals surface area contributed by atoms with Crippen molar-refractivity contribution in [2.75, 3.05) is 27.7 Å². The van der Waals surface area contributed by atoms with Gasteiger partial charge in [-0.25, -0.2) is 0 Å². The summed E-state index contributed by atoms with van der Waals surface area (Å²) < 4.78 is 5.81. The highest BCUT2D eigenvalue weighted by Gasteiger charge is 2.24. The zero-order chi connectivity index (χ0) is 17.9. The number of esters is 1. The molecule has 6 heteroatoms. The van der Waals surface area contributed by atoms with E-state index < -0.39 is 12.1 Å². The molecule has 0 bridgehead atoms. The molecule has 0 aromatic heterocycles. The second kappa shape index (κ2) is 11.2. The fourth-order valence-electron chi connectivity index (χ4n) is 2.28. The number of aliphatic carboxylic acids is 1. The first-order valence-corrected chi connectivity index (χ1v) is 8.37. The summed E-state index contributed by atoms with van der Waals surface area (Å²) in [6.07, 6.45) is 3.75. The van der Waals surface area contributed by atoms with Crippen LogP contribution < -0.4 is 0 Å². The first-order valence-electron chi connectivity index (χ1n) is 8.37. The Labute approximate surface area is 139 Å². The number of carbonyl (C=O) groups excluding carboxylic acids is 2. The quantitative estimate of drug-likeness (QED) is 0.319. The van der Waals surface area contributed by atoms with E-state index in [-0.39, 0.29) is 24.6 Å². The molecule has 23 heavy (non-hydrogen) atoms. The van der Waals surface area contributed by atoms with Gasteiger partial charge >= 0.3 is 11.9 Å². The van der Waals surface area contributed by atoms with Crippen LogP contribution >= 0.6 is 0 Å². The third kappa shape index (κ3) is 13.9. The highest BCUT2D eigenvalue weighted by Crippen LogP contribution is 2.10. The van der Waals surface area contributed by atoms with Crippen molar-refractivity contribution in [1.82, 2.24) is 0 Å². The Kier molecular flexibility index (Phi) is 10.5. The van der Waals surface area contributed by atoms with Crippen molar-refractivity contribution < 1.29 is 28.7 Å². The van der Waals surface area contributed by atoms with Crippen LogP contribution in [0.2, 0.25) is 0 Å². The van der Waals surface area contributed by atoms with Crippen molar-refractivity contribution in [3.8, 4) is 0 Å². The van der Waals surface area contributed by atoms with Crippen LogP contribution in [-0.4, -0.2) is 61.1 Å². The third-order valence-corrected chi connectivity index (χ3v) is 3.35. The molecule has 134 valence electrons. The lowest BCUT2D eigenvalue weighted by Crippen LogP contribution is -2.43. The molecule has 0 aromatic carbocycles. The maximum atomic E-state index is 11.8. The number of ketones is 1. The summed E-state index contributed by atoms with van der Waals surface area (Å²) >= 11 is 0. The molecule has 0 fully saturated rings. The molecule has 0 aliphatic rings. The zero-order valence-corrected chi connectivity index (χ0v) is 15.0. The van der Waals surface area contributed by atoms with Gasteiger partial charge in [0.25, 0.3) is 0 Å². The van der Waals surface area contributed by atoms with Crippen molar-refractivity contribution >= 4 is 17.7 Å². The van der Waals surface area contributed by atoms with Gasteiger partial charge in [0.1, 0.15) is 12.3 Å². The molecular formula is C17H32NO5+. The van der Waals surface area contributed by atoms with E-state index in [1.54, 1.807) is 0 Å². The molecule has 0 aliphatic carbocycles. The molecule has 1 N–H and O–H groups in total. The Balaban J connectivity index is 4.07. The van der Waals surface area contributed by atoms with Gasteiger partial charge in [0, 0.05) is 19.3 Å². The number of nitrogens with zero attached hydrogens (tertiary/aromatic N) is 1. The van der Waals surface area contributed by atoms with Crippen LogP contribution in [0.25, 0.3) is 0 Å². The van der Waals surface area contributed by atoms with Crippen LogP contribution in [-0.2, 0) is 19.1 Å². The minimum Gasteiger partial charge on any atom is -0.481 e. The van der Waals surface area contributed by atoms with Crippen LogP contribution in [0, 0.1) is 0 Å². The normalized spacial score (nSPS) is 12.7. The Hall–Kier alpha value is -1.43. The van der Waals surface area contributed by atoms with Crippen molar-refractivity contribution in [3.63, 3.8) is 0 Å². The third-order valence-electron chi connectivity index (χ3n) is 3.35. The van der Waals surface area contributed by atoms with Gasteiger partial charge in [-0.1, -0.05) is 13.3 Å². The van der Waals surface area contributed by atoms with E-state index in [1.807, 2.05) is 28.1 Å². The number of ether oxygens (including phenoxy) is 1. The van der Waals surface area contributed by atoms with E-state index >= 15 is 0 Å². The molecule has 0 amide bonds. The second-order valence-electron chi connectivity index (χ2n) is 7.03. The number of unbranched alkanes of at least 4 members (excludes halogenated alkanes) is 2. The molecule has 6 nitrogen and oxygen atoms in total. The summed E-state index contributed by atoms with van der Waals surface area (Å²) in [7, 11) is 5.76. The number of likely N-dealkylation sites (N-methyl/N-ethyl adjacent to an activating group) is 1. The predicted octanol–water partition coefficient (Wildman–Crippen LogP) is 2.40. The van der Waals surface area contributed by atoms with Crippen LogP contribution in [0.3, 0.4) is 0 Å². The minimum atomic E-state index is -0.974. The molecule has 1 unspecified atom stereocenters. The van der Waals surface area contributed by atoms with E-state index in [2.05, 4.69) is 0 Å². The minimum absolute atomic E-state index is 0.184. The maximum absolute atomic E-state index is 11.8. The zero-order valence-electron chi connectivity index (χ0n) is 15.0. The Morgan fingerprint density at radius 3 is 2.09 bits per heavy atom. The molecule has 0 radical (unpaired) electrons. The number of carbonyl (C=O) groups is 3. The van der Waals surface area contributed by atoms with E-state index in [1.165, 1.54) is 0 Å². The molecule has 0 saturated heterocycles. The summed E-state index contributed by atoms with van der Waals surface area (Å²) in [4.78, 5) is 34.2. The van der Waals surface area contributed by atoms with Crippen molar-refractivity contribution in [1.29, 1.82) is 0 Å². The number of carboxylic acids is 1. The lowest BCUT2D eigenvalue weighted by Gasteiger charge is -2.28. The number of quaternary nitrogens is 1. The van der Waals surface area contributed by atoms with Gasteiger partial charge in [0.15, 0.2) is 6.10 Å². The first kappa shape index (κ1) is 21.6. The largest absolute Gasteiger partial charge is 0.481 e. The lowest BCUT2D eigenvalue weighted by atomic mass is 10.1. The van der Waals surface area contributed by atoms with Gasteiger partial charge in [0.05, 0.1) is 27.6 Å². The molecule has 0 spiro atoms. The van der Waals surface area contributed by atoms with E-state index in [4.69, 9.17) is 9.84 Å². The van der Waals surface area contributed by atoms with E-state index in [0.717, 1.165) is 12.8 Å². The Bertz CT molecular complexity index is 387. The predicted molar refractivity (Wildman–Crippen MR) is 88.0 cm³/mol. The summed E-state index contributed by atoms with van der Waals surface area (Å²) in [5.41, 5.74) is 0. The highest BCUT2D eigenvalue weighted by atomic mass is 16.5. The number of rotatable bonds is 13. The van der Waals surface area contributed by atoms with Gasteiger partial charge in [-0.05, 0) is 19.3 Å². The van der Waals surface area contributed by atoms with Gasteiger partial charge in [0.2, 0.25) is 0 Å². The SMILES string of the molecule is CCCCC(=O)CCCCC(=O)OC(CC(=O)O)C[N+](C)(C)C. The number of Topliss-reactive ketones (excluding diaryl/α,β-unsaturated/α-hetero) is 1. The molecule has 0 rings (SSSR count). The molecule has 0 aliphatic heterocycles. The smallest absolute Gasteiger partial charge is 0.307 e. The van der Waals surface area contributed by atoms with Gasteiger partial charge in [-0.2, -0.15) is 0 Å². The molecule has 1 atom stereocenters. The highest BCUT2D eigenvalue weighted by molar-refractivity contribution is 5.78. The molecule has 0 saturated carbocycles. The first-order chi connectivity index (χ1) is 10.6. The van der Waals surface area contributed by atoms with Crippen LogP contribution in [0.4, 0.5) is 0 Å². The number of hydrogen-bond donors (Lipinski definition) is 1. The molecule has 0 aromatic rings. The van der Waals surface area contributed by atoms with Crippen molar-refractivity contribution in [3.05, 3.63) is 0 Å². The second-order valence-corrected chi connectivity index (χ2v) is 7.03. The van der Waals surface area contributed by atoms with Gasteiger partial charge in [-0.3, -0.25) is 14.4 Å². The Morgan fingerprint density at radius 1 is 1.00 bits per heavy atom. The van der Waals surface area contributed by atoms with Crippen LogP contribution in [0.15, 0.2) is 0 Å². The van der Waals surface area contributed by atoms with E-state index in [0.29, 0.717) is 36.7 Å². The van der Waals surface area contributed by atoms with Crippen LogP contribution in [0.5, 0.6) is 0 Å². The van der Waals surface area contributed by atoms with Crippen molar-refractivity contribution in [2.45, 2.75) is 64.4 Å². The summed E-state index contributed by atoms with van der Waals surface area (Å²) in [6.45, 7) is 2.50. The summed E-state index contributed by atoms with van der Waals surface area (Å²) in [6, 6.07) is 0. The van der Waals surface area contributed by atoms with Gasteiger partial charge in [-0.15, -0.1) is 0 Å². The van der Waals surface area contributed by atoms with Crippen molar-refractivity contribution in [2.24, 2.45) is 0 Å². The maximum Gasteiger partial charge on any atom is 0.307 e. The topological polar surface area (TPSA) is 80.7 Å². The fourth-order valence-corrected chi connectivity index (χ4v) is 2.28. The van der Waals surface area contributed by atoms with E-state index in [9.17, 15) is 14.4 Å². The average molecular weight is 330 g/mol. The Morgan fingerprint density at radius 2 is 1.57 bits per heavy atom. The molecule has 0 heterocycles. The molecular weight excluding hydrogens is 298 g/mol. The summed E-state index contributed by atoms with van der Waals surface area (Å²) in [5, 5.41) is 8.90. The monoisotopic (exact) mass is 330 g/mol. The fraction of sp³-hybridized carbons (Fsp3) is 0.824. The average Bonchev–Trinajstić information content (AvgIpc) is 2.38. The summed E-state index contributed by atoms with van der Waals surface area (Å²) in [5.74, 6) is -1.11. The standard InChI is InChI=1S/C17H31NO5/c1-5-6-9-14(19)10-7-8-11-17(22)23-15(12-16(20)21)13-18(2,3)4/h15H,5-13H2,1-4H3/p+1. The van der Waals surface area contributed by atoms with Crippen LogP contribution in [0.1, 0.15) is 58.3 Å².